The molecule has 0 aliphatic carbocycles. The molecule has 26 heavy (non-hydrogen) atoms. The molecule has 6 nitrogen and oxygen atoms in total. The van der Waals surface area contributed by atoms with Gasteiger partial charge in [0.15, 0.2) is 22.5 Å². The monoisotopic (exact) mass is 378 g/mol. The summed E-state index contributed by atoms with van der Waals surface area (Å²) in [7, 11) is 1.78. The second-order valence-corrected chi connectivity index (χ2v) is 7.04. The first kappa shape index (κ1) is 16.7. The molecule has 3 aromatic heterocycles. The molecule has 10 heteroatoms. The summed E-state index contributed by atoms with van der Waals surface area (Å²) in [6.07, 6.45) is 0. The zero-order valence-corrected chi connectivity index (χ0v) is 14.9. The van der Waals surface area contributed by atoms with E-state index in [1.54, 1.807) is 11.7 Å². The number of fused-ring (bicyclic) bond motifs is 1. The van der Waals surface area contributed by atoms with Gasteiger partial charge in [-0.3, -0.25) is 4.68 Å². The minimum atomic E-state index is -1.53. The molecule has 134 valence electrons. The Kier molecular flexibility index (Phi) is 3.79. The maximum atomic E-state index is 14.1. The highest BCUT2D eigenvalue weighted by Gasteiger charge is 2.22. The van der Waals surface area contributed by atoms with Crippen LogP contribution >= 0.6 is 11.3 Å². The smallest absolute Gasteiger partial charge is 0.235 e. The molecule has 0 aliphatic heterocycles. The van der Waals surface area contributed by atoms with E-state index >= 15 is 0 Å². The summed E-state index contributed by atoms with van der Waals surface area (Å²) in [6, 6.07) is 3.91. The Bertz CT molecular complexity index is 1130. The van der Waals surface area contributed by atoms with Gasteiger partial charge in [-0.2, -0.15) is 14.7 Å². The highest BCUT2D eigenvalue weighted by molar-refractivity contribution is 7.19. The molecule has 0 atom stereocenters. The average molecular weight is 378 g/mol. The molecular weight excluding hydrogens is 365 g/mol. The van der Waals surface area contributed by atoms with Gasteiger partial charge in [0, 0.05) is 7.05 Å². The maximum Gasteiger partial charge on any atom is 0.235 e. The van der Waals surface area contributed by atoms with Gasteiger partial charge in [0.1, 0.15) is 5.69 Å². The summed E-state index contributed by atoms with van der Waals surface area (Å²) in [5.74, 6) is -3.37. The number of benzene rings is 1. The lowest BCUT2D eigenvalue weighted by molar-refractivity contribution is 0.449. The molecule has 1 aromatic carbocycles. The lowest BCUT2D eigenvalue weighted by atomic mass is 10.1. The van der Waals surface area contributed by atoms with Crippen LogP contribution in [-0.4, -0.2) is 29.6 Å². The number of aryl methyl sites for hydroxylation is 1. The molecule has 0 N–H and O–H groups in total. The summed E-state index contributed by atoms with van der Waals surface area (Å²) >= 11 is 1.03. The topological polar surface area (TPSA) is 60.9 Å². The summed E-state index contributed by atoms with van der Waals surface area (Å²) < 4.78 is 43.8. The van der Waals surface area contributed by atoms with E-state index in [2.05, 4.69) is 20.4 Å². The quantitative estimate of drug-likeness (QED) is 0.509. The number of rotatable bonds is 3. The van der Waals surface area contributed by atoms with Crippen molar-refractivity contribution in [2.24, 2.45) is 7.05 Å². The first-order valence-electron chi connectivity index (χ1n) is 7.77. The largest absolute Gasteiger partial charge is 0.264 e. The Morgan fingerprint density at radius 2 is 1.81 bits per heavy atom. The first-order valence-corrected chi connectivity index (χ1v) is 8.59. The SMILES string of the molecule is CC(C)c1cc(-c2nnc3sc(-c4ccc(F)c(F)c4F)nn23)n(C)n1. The molecule has 0 saturated heterocycles. The van der Waals surface area contributed by atoms with Crippen LogP contribution in [0.25, 0.3) is 27.1 Å². The van der Waals surface area contributed by atoms with E-state index < -0.39 is 17.5 Å². The van der Waals surface area contributed by atoms with Gasteiger partial charge in [0.2, 0.25) is 10.8 Å². The molecule has 0 spiro atoms. The molecular formula is C16H13F3N6S. The van der Waals surface area contributed by atoms with Crippen LogP contribution in [0, 0.1) is 17.5 Å². The third-order valence-electron chi connectivity index (χ3n) is 3.98. The van der Waals surface area contributed by atoms with Gasteiger partial charge in [0.25, 0.3) is 0 Å². The second-order valence-electron chi connectivity index (χ2n) is 6.08. The minimum absolute atomic E-state index is 0.127. The van der Waals surface area contributed by atoms with Gasteiger partial charge < -0.3 is 0 Å². The van der Waals surface area contributed by atoms with E-state index in [4.69, 9.17) is 0 Å². The molecule has 0 radical (unpaired) electrons. The molecule has 0 fully saturated rings. The number of halogens is 3. The maximum absolute atomic E-state index is 14.1. The Hall–Kier alpha value is -2.75. The zero-order chi connectivity index (χ0) is 18.6. The Balaban J connectivity index is 1.85. The van der Waals surface area contributed by atoms with E-state index in [0.29, 0.717) is 16.5 Å². The van der Waals surface area contributed by atoms with Crippen LogP contribution < -0.4 is 0 Å². The summed E-state index contributed by atoms with van der Waals surface area (Å²) in [5.41, 5.74) is 1.46. The highest BCUT2D eigenvalue weighted by atomic mass is 32.1. The zero-order valence-electron chi connectivity index (χ0n) is 14.0. The Morgan fingerprint density at radius 1 is 1.04 bits per heavy atom. The molecule has 0 bridgehead atoms. The standard InChI is InChI=1S/C16H13F3N6S/c1-7(2)10-6-11(24(3)22-10)14-20-21-16-25(14)23-15(26-16)8-4-5-9(17)13(19)12(8)18/h4-7H,1-3H3. The number of nitrogens with zero attached hydrogens (tertiary/aromatic N) is 6. The lowest BCUT2D eigenvalue weighted by Crippen LogP contribution is -1.99. The van der Waals surface area contributed by atoms with E-state index in [0.717, 1.165) is 29.2 Å². The predicted molar refractivity (Wildman–Crippen MR) is 90.3 cm³/mol. The Morgan fingerprint density at radius 3 is 2.50 bits per heavy atom. The third-order valence-corrected chi connectivity index (χ3v) is 4.91. The highest BCUT2D eigenvalue weighted by Crippen LogP contribution is 2.31. The van der Waals surface area contributed by atoms with Gasteiger partial charge in [0.05, 0.1) is 11.3 Å². The van der Waals surface area contributed by atoms with Crippen LogP contribution in [0.5, 0.6) is 0 Å². The molecule has 0 aliphatic rings. The summed E-state index contributed by atoms with van der Waals surface area (Å²) in [6.45, 7) is 4.05. The van der Waals surface area contributed by atoms with Gasteiger partial charge in [-0.25, -0.2) is 13.2 Å². The molecule has 4 rings (SSSR count). The number of hydrogen-bond acceptors (Lipinski definition) is 5. The van der Waals surface area contributed by atoms with E-state index in [9.17, 15) is 13.2 Å². The second kappa shape index (κ2) is 5.90. The lowest BCUT2D eigenvalue weighted by Gasteiger charge is -2.00. The molecule has 3 heterocycles. The van der Waals surface area contributed by atoms with Crippen molar-refractivity contribution >= 4 is 16.3 Å². The molecule has 0 unspecified atom stereocenters. The van der Waals surface area contributed by atoms with Gasteiger partial charge >= 0.3 is 0 Å². The van der Waals surface area contributed by atoms with Crippen LogP contribution in [0.4, 0.5) is 13.2 Å². The van der Waals surface area contributed by atoms with Crippen molar-refractivity contribution in [1.82, 2.24) is 29.6 Å². The molecule has 0 amide bonds. The summed E-state index contributed by atoms with van der Waals surface area (Å²) in [4.78, 5) is 0.409. The van der Waals surface area contributed by atoms with Gasteiger partial charge in [-0.15, -0.1) is 10.2 Å². The van der Waals surface area contributed by atoms with Crippen molar-refractivity contribution in [3.05, 3.63) is 41.3 Å². The van der Waals surface area contributed by atoms with Crippen LogP contribution in [-0.2, 0) is 7.05 Å². The van der Waals surface area contributed by atoms with Gasteiger partial charge in [-0.1, -0.05) is 25.2 Å². The molecule has 4 aromatic rings. The van der Waals surface area contributed by atoms with Crippen molar-refractivity contribution in [3.8, 4) is 22.1 Å². The van der Waals surface area contributed by atoms with Gasteiger partial charge in [-0.05, 0) is 24.1 Å². The van der Waals surface area contributed by atoms with E-state index in [-0.39, 0.29) is 16.5 Å². The van der Waals surface area contributed by atoms with E-state index in [1.807, 2.05) is 19.9 Å². The van der Waals surface area contributed by atoms with E-state index in [1.165, 1.54) is 4.52 Å². The fourth-order valence-electron chi connectivity index (χ4n) is 2.56. The van der Waals surface area contributed by atoms with Crippen LogP contribution in [0.1, 0.15) is 25.5 Å². The fraction of sp³-hybridized carbons (Fsp3) is 0.250. The third kappa shape index (κ3) is 2.48. The van der Waals surface area contributed by atoms with Crippen molar-refractivity contribution in [2.75, 3.05) is 0 Å². The van der Waals surface area contributed by atoms with Crippen LogP contribution in [0.15, 0.2) is 18.2 Å². The number of aromatic nitrogens is 6. The van der Waals surface area contributed by atoms with Crippen molar-refractivity contribution in [2.45, 2.75) is 19.8 Å². The minimum Gasteiger partial charge on any atom is -0.264 e. The van der Waals surface area contributed by atoms with Crippen LogP contribution in [0.2, 0.25) is 0 Å². The van der Waals surface area contributed by atoms with Crippen molar-refractivity contribution < 1.29 is 13.2 Å². The average Bonchev–Trinajstić information content (AvgIpc) is 3.26. The predicted octanol–water partition coefficient (Wildman–Crippen LogP) is 3.79. The number of hydrogen-bond donors (Lipinski definition) is 0. The first-order chi connectivity index (χ1) is 12.4. The summed E-state index contributed by atoms with van der Waals surface area (Å²) in [5, 5.41) is 17.1. The van der Waals surface area contributed by atoms with Crippen molar-refractivity contribution in [3.63, 3.8) is 0 Å². The van der Waals surface area contributed by atoms with Crippen LogP contribution in [0.3, 0.4) is 0 Å². The normalized spacial score (nSPS) is 11.8. The molecule has 0 saturated carbocycles. The fourth-order valence-corrected chi connectivity index (χ4v) is 3.42. The van der Waals surface area contributed by atoms with Crippen molar-refractivity contribution in [1.29, 1.82) is 0 Å². The Labute approximate surface area is 149 Å².